The second-order valence-corrected chi connectivity index (χ2v) is 8.06. The van der Waals surface area contributed by atoms with E-state index in [0.29, 0.717) is 38.2 Å². The Bertz CT molecular complexity index is 1100. The summed E-state index contributed by atoms with van der Waals surface area (Å²) in [7, 11) is 3.27. The van der Waals surface area contributed by atoms with Crippen molar-refractivity contribution >= 4 is 28.4 Å². The number of carbonyl (C=O) groups excluding carboxylic acids is 2. The minimum Gasteiger partial charge on any atom is -0.497 e. The summed E-state index contributed by atoms with van der Waals surface area (Å²) in [5, 5.41) is 3.84. The van der Waals surface area contributed by atoms with Gasteiger partial charge in [-0.05, 0) is 48.9 Å². The van der Waals surface area contributed by atoms with Crippen LogP contribution in [0, 0.1) is 0 Å². The number of anilines is 1. The average molecular weight is 451 g/mol. The minimum absolute atomic E-state index is 0.135. The predicted molar refractivity (Wildman–Crippen MR) is 128 cm³/mol. The molecule has 0 spiro atoms. The van der Waals surface area contributed by atoms with Crippen LogP contribution < -0.4 is 19.7 Å². The zero-order valence-electron chi connectivity index (χ0n) is 19.1. The second kappa shape index (κ2) is 10.3. The van der Waals surface area contributed by atoms with Gasteiger partial charge in [0.1, 0.15) is 17.2 Å². The molecule has 3 aromatic rings. The first-order valence-electron chi connectivity index (χ1n) is 11.2. The number of piperazine rings is 1. The first-order valence-corrected chi connectivity index (χ1v) is 11.2. The summed E-state index contributed by atoms with van der Waals surface area (Å²) in [5.74, 6) is 1.53. The summed E-state index contributed by atoms with van der Waals surface area (Å²) < 4.78 is 10.4. The highest BCUT2D eigenvalue weighted by Crippen LogP contribution is 2.22. The summed E-state index contributed by atoms with van der Waals surface area (Å²) in [6.07, 6.45) is 1.03. The maximum absolute atomic E-state index is 12.6. The number of nitrogens with one attached hydrogen (secondary N) is 2. The number of aromatic amines is 1. The molecule has 174 valence electrons. The van der Waals surface area contributed by atoms with Gasteiger partial charge in [-0.15, -0.1) is 0 Å². The van der Waals surface area contributed by atoms with E-state index in [1.807, 2.05) is 53.4 Å². The van der Waals surface area contributed by atoms with E-state index in [1.165, 1.54) is 0 Å². The molecule has 33 heavy (non-hydrogen) atoms. The van der Waals surface area contributed by atoms with Crippen LogP contribution in [0.25, 0.3) is 10.9 Å². The normalized spacial score (nSPS) is 13.8. The molecule has 4 rings (SSSR count). The van der Waals surface area contributed by atoms with E-state index in [9.17, 15) is 9.59 Å². The number of hydrogen-bond acceptors (Lipinski definition) is 5. The molecule has 2 N–H and O–H groups in total. The van der Waals surface area contributed by atoms with Crippen molar-refractivity contribution in [3.05, 3.63) is 54.2 Å². The van der Waals surface area contributed by atoms with Gasteiger partial charge >= 0.3 is 0 Å². The van der Waals surface area contributed by atoms with Crippen LogP contribution in [-0.4, -0.2) is 68.6 Å². The lowest BCUT2D eigenvalue weighted by Crippen LogP contribution is -2.48. The number of hydrogen-bond donors (Lipinski definition) is 2. The molecule has 2 aromatic carbocycles. The first kappa shape index (κ1) is 22.5. The zero-order valence-corrected chi connectivity index (χ0v) is 19.1. The molecule has 1 fully saturated rings. The van der Waals surface area contributed by atoms with Gasteiger partial charge in [-0.1, -0.05) is 0 Å². The monoisotopic (exact) mass is 450 g/mol. The molecule has 8 heteroatoms. The summed E-state index contributed by atoms with van der Waals surface area (Å²) in [6, 6.07) is 15.4. The maximum atomic E-state index is 12.6. The number of benzene rings is 2. The quantitative estimate of drug-likeness (QED) is 0.515. The number of methoxy groups -OCH3 is 2. The number of nitrogens with zero attached hydrogens (tertiary/aromatic N) is 2. The van der Waals surface area contributed by atoms with Crippen LogP contribution in [0.3, 0.4) is 0 Å². The number of ether oxygens (including phenoxy) is 2. The lowest BCUT2D eigenvalue weighted by molar-refractivity contribution is -0.131. The molecule has 0 radical (unpaired) electrons. The lowest BCUT2D eigenvalue weighted by atomic mass is 10.2. The van der Waals surface area contributed by atoms with Crippen molar-refractivity contribution in [2.24, 2.45) is 0 Å². The highest BCUT2D eigenvalue weighted by Gasteiger charge is 2.21. The summed E-state index contributed by atoms with van der Waals surface area (Å²) in [4.78, 5) is 32.3. The molecule has 2 amide bonds. The van der Waals surface area contributed by atoms with Gasteiger partial charge in [0.25, 0.3) is 5.91 Å². The molecule has 1 aliphatic heterocycles. The van der Waals surface area contributed by atoms with Crippen LogP contribution in [-0.2, 0) is 4.79 Å². The predicted octanol–water partition coefficient (Wildman–Crippen LogP) is 3.04. The van der Waals surface area contributed by atoms with E-state index >= 15 is 0 Å². The molecular weight excluding hydrogens is 420 g/mol. The Morgan fingerprint density at radius 1 is 0.939 bits per heavy atom. The Kier molecular flexibility index (Phi) is 7.02. The van der Waals surface area contributed by atoms with Crippen LogP contribution in [0.2, 0.25) is 0 Å². The molecular formula is C25H30N4O4. The Morgan fingerprint density at radius 2 is 1.64 bits per heavy atom. The van der Waals surface area contributed by atoms with Crippen LogP contribution in [0.15, 0.2) is 48.5 Å². The SMILES string of the molecule is COc1ccc(N2CCN(C(=O)CCCNC(=O)c3cc4ccc(OC)cc4[nH]3)CC2)cc1. The third kappa shape index (κ3) is 5.39. The fraction of sp³-hybridized carbons (Fsp3) is 0.360. The van der Waals surface area contributed by atoms with E-state index in [4.69, 9.17) is 9.47 Å². The van der Waals surface area contributed by atoms with Crippen molar-refractivity contribution in [3.63, 3.8) is 0 Å². The largest absolute Gasteiger partial charge is 0.497 e. The third-order valence-corrected chi connectivity index (χ3v) is 6.00. The van der Waals surface area contributed by atoms with Crippen LogP contribution in [0.5, 0.6) is 11.5 Å². The van der Waals surface area contributed by atoms with Crippen LogP contribution in [0.4, 0.5) is 5.69 Å². The molecule has 2 heterocycles. The van der Waals surface area contributed by atoms with Gasteiger partial charge in [-0.3, -0.25) is 9.59 Å². The van der Waals surface area contributed by atoms with Crippen molar-refractivity contribution < 1.29 is 19.1 Å². The number of rotatable bonds is 8. The number of fused-ring (bicyclic) bond motifs is 1. The van der Waals surface area contributed by atoms with Gasteiger partial charge in [0.2, 0.25) is 5.91 Å². The number of aromatic nitrogens is 1. The van der Waals surface area contributed by atoms with Crippen LogP contribution in [0.1, 0.15) is 23.3 Å². The second-order valence-electron chi connectivity index (χ2n) is 8.06. The van der Waals surface area contributed by atoms with E-state index in [1.54, 1.807) is 14.2 Å². The van der Waals surface area contributed by atoms with Crippen molar-refractivity contribution in [1.29, 1.82) is 0 Å². The smallest absolute Gasteiger partial charge is 0.267 e. The number of carbonyl (C=O) groups is 2. The van der Waals surface area contributed by atoms with Gasteiger partial charge in [0.15, 0.2) is 0 Å². The molecule has 0 unspecified atom stereocenters. The van der Waals surface area contributed by atoms with E-state index < -0.39 is 0 Å². The molecule has 0 atom stereocenters. The highest BCUT2D eigenvalue weighted by molar-refractivity contribution is 5.98. The zero-order chi connectivity index (χ0) is 23.2. The van der Waals surface area contributed by atoms with Crippen molar-refractivity contribution in [1.82, 2.24) is 15.2 Å². The third-order valence-electron chi connectivity index (χ3n) is 6.00. The molecule has 0 aliphatic carbocycles. The topological polar surface area (TPSA) is 86.9 Å². The Balaban J connectivity index is 1.18. The van der Waals surface area contributed by atoms with Gasteiger partial charge < -0.3 is 29.6 Å². The van der Waals surface area contributed by atoms with Gasteiger partial charge in [-0.2, -0.15) is 0 Å². The van der Waals surface area contributed by atoms with Crippen molar-refractivity contribution in [2.45, 2.75) is 12.8 Å². The van der Waals surface area contributed by atoms with Crippen LogP contribution >= 0.6 is 0 Å². The Labute approximate surface area is 193 Å². The molecule has 1 aliphatic rings. The average Bonchev–Trinajstić information content (AvgIpc) is 3.30. The fourth-order valence-electron chi connectivity index (χ4n) is 4.06. The van der Waals surface area contributed by atoms with Crippen molar-refractivity contribution in [3.8, 4) is 11.5 Å². The minimum atomic E-state index is -0.175. The molecule has 1 aromatic heterocycles. The van der Waals surface area contributed by atoms with E-state index in [2.05, 4.69) is 15.2 Å². The summed E-state index contributed by atoms with van der Waals surface area (Å²) >= 11 is 0. The van der Waals surface area contributed by atoms with Gasteiger partial charge in [0, 0.05) is 61.8 Å². The molecule has 0 bridgehead atoms. The summed E-state index contributed by atoms with van der Waals surface area (Å²) in [6.45, 7) is 3.47. The summed E-state index contributed by atoms with van der Waals surface area (Å²) in [5.41, 5.74) is 2.49. The number of H-pyrrole nitrogens is 1. The molecule has 0 saturated carbocycles. The molecule has 1 saturated heterocycles. The highest BCUT2D eigenvalue weighted by atomic mass is 16.5. The Hall–Kier alpha value is -3.68. The standard InChI is InChI=1S/C25H30N4O4/c1-32-20-9-6-19(7-10-20)28-12-14-29(15-13-28)24(30)4-3-11-26-25(31)23-16-18-5-8-21(33-2)17-22(18)27-23/h5-10,16-17,27H,3-4,11-15H2,1-2H3,(H,26,31). The molecule has 8 nitrogen and oxygen atoms in total. The van der Waals surface area contributed by atoms with Gasteiger partial charge in [0.05, 0.1) is 14.2 Å². The van der Waals surface area contributed by atoms with E-state index in [-0.39, 0.29) is 11.8 Å². The Morgan fingerprint density at radius 3 is 2.33 bits per heavy atom. The first-order chi connectivity index (χ1) is 16.1. The fourth-order valence-corrected chi connectivity index (χ4v) is 4.06. The number of amides is 2. The van der Waals surface area contributed by atoms with Crippen molar-refractivity contribution in [2.75, 3.05) is 51.8 Å². The van der Waals surface area contributed by atoms with Gasteiger partial charge in [-0.25, -0.2) is 0 Å². The maximum Gasteiger partial charge on any atom is 0.267 e. The lowest BCUT2D eigenvalue weighted by Gasteiger charge is -2.36. The van der Waals surface area contributed by atoms with E-state index in [0.717, 1.165) is 41.2 Å².